The van der Waals surface area contributed by atoms with E-state index < -0.39 is 0 Å². The zero-order valence-corrected chi connectivity index (χ0v) is 15.3. The van der Waals surface area contributed by atoms with Crippen LogP contribution >= 0.6 is 11.8 Å². The van der Waals surface area contributed by atoms with E-state index in [0.29, 0.717) is 11.4 Å². The minimum atomic E-state index is -0.175. The van der Waals surface area contributed by atoms with Gasteiger partial charge in [-0.25, -0.2) is 0 Å². The molecule has 0 radical (unpaired) electrons. The molecule has 0 spiro atoms. The Bertz CT molecular complexity index is 639. The molecule has 6 heteroatoms. The van der Waals surface area contributed by atoms with Crippen molar-refractivity contribution in [3.63, 3.8) is 0 Å². The van der Waals surface area contributed by atoms with E-state index in [-0.39, 0.29) is 5.91 Å². The van der Waals surface area contributed by atoms with Crippen molar-refractivity contribution in [2.45, 2.75) is 25.8 Å². The molecule has 0 unspecified atom stereocenters. The standard InChI is InChI=1S/C18H24N4OS/c1-4-22(5-2)12-13-24-17-11-10-16(20-21-17)19-18(23)15-8-6-14(3)7-9-15/h6-11H,4-5,12-13H2,1-3H3,(H,19,20,23). The maximum absolute atomic E-state index is 12.1. The van der Waals surface area contributed by atoms with Gasteiger partial charge in [-0.3, -0.25) is 4.79 Å². The topological polar surface area (TPSA) is 58.1 Å². The Morgan fingerprint density at radius 1 is 1.08 bits per heavy atom. The summed E-state index contributed by atoms with van der Waals surface area (Å²) in [4.78, 5) is 14.5. The first-order valence-electron chi connectivity index (χ1n) is 8.19. The molecule has 0 aliphatic heterocycles. The second-order valence-electron chi connectivity index (χ2n) is 5.45. The highest BCUT2D eigenvalue weighted by atomic mass is 32.2. The van der Waals surface area contributed by atoms with Crippen LogP contribution in [0.1, 0.15) is 29.8 Å². The molecule has 1 amide bonds. The summed E-state index contributed by atoms with van der Waals surface area (Å²) in [6, 6.07) is 11.1. The molecule has 2 rings (SSSR count). The largest absolute Gasteiger partial charge is 0.305 e. The van der Waals surface area contributed by atoms with Gasteiger partial charge in [-0.15, -0.1) is 22.0 Å². The number of benzene rings is 1. The first-order valence-corrected chi connectivity index (χ1v) is 9.17. The fourth-order valence-electron chi connectivity index (χ4n) is 2.18. The van der Waals surface area contributed by atoms with E-state index in [1.807, 2.05) is 25.1 Å². The van der Waals surface area contributed by atoms with Crippen LogP contribution in [0.15, 0.2) is 41.4 Å². The molecule has 0 fully saturated rings. The van der Waals surface area contributed by atoms with Crippen molar-refractivity contribution in [3.05, 3.63) is 47.5 Å². The molecule has 1 aromatic heterocycles. The van der Waals surface area contributed by atoms with E-state index in [9.17, 15) is 4.79 Å². The van der Waals surface area contributed by atoms with Crippen LogP contribution in [-0.2, 0) is 0 Å². The smallest absolute Gasteiger partial charge is 0.256 e. The Morgan fingerprint density at radius 3 is 2.38 bits per heavy atom. The first kappa shape index (κ1) is 18.4. The van der Waals surface area contributed by atoms with Gasteiger partial charge in [0.2, 0.25) is 0 Å². The van der Waals surface area contributed by atoms with Crippen LogP contribution in [0, 0.1) is 6.92 Å². The lowest BCUT2D eigenvalue weighted by molar-refractivity contribution is 0.102. The number of hydrogen-bond acceptors (Lipinski definition) is 5. The molecule has 1 heterocycles. The number of anilines is 1. The number of thioether (sulfide) groups is 1. The van der Waals surface area contributed by atoms with Crippen LogP contribution in [0.4, 0.5) is 5.82 Å². The van der Waals surface area contributed by atoms with Crippen molar-refractivity contribution in [1.82, 2.24) is 15.1 Å². The minimum absolute atomic E-state index is 0.175. The number of amides is 1. The van der Waals surface area contributed by atoms with Gasteiger partial charge >= 0.3 is 0 Å². The van der Waals surface area contributed by atoms with Crippen molar-refractivity contribution in [3.8, 4) is 0 Å². The molecule has 5 nitrogen and oxygen atoms in total. The van der Waals surface area contributed by atoms with E-state index in [1.165, 1.54) is 0 Å². The molecular formula is C18H24N4OS. The Labute approximate surface area is 147 Å². The third-order valence-electron chi connectivity index (χ3n) is 3.75. The van der Waals surface area contributed by atoms with Gasteiger partial charge in [0, 0.05) is 17.9 Å². The van der Waals surface area contributed by atoms with E-state index in [0.717, 1.165) is 36.0 Å². The van der Waals surface area contributed by atoms with Crippen LogP contribution in [0.3, 0.4) is 0 Å². The lowest BCUT2D eigenvalue weighted by atomic mass is 10.1. The number of carbonyl (C=O) groups is 1. The molecule has 0 saturated heterocycles. The molecule has 2 aromatic rings. The van der Waals surface area contributed by atoms with Crippen LogP contribution in [0.2, 0.25) is 0 Å². The van der Waals surface area contributed by atoms with Gasteiger partial charge in [0.05, 0.1) is 0 Å². The zero-order valence-electron chi connectivity index (χ0n) is 14.5. The van der Waals surface area contributed by atoms with Crippen LogP contribution < -0.4 is 5.32 Å². The number of aryl methyl sites for hydroxylation is 1. The summed E-state index contributed by atoms with van der Waals surface area (Å²) in [5.41, 5.74) is 1.73. The van der Waals surface area contributed by atoms with Crippen LogP contribution in [0.5, 0.6) is 0 Å². The number of aromatic nitrogens is 2. The lowest BCUT2D eigenvalue weighted by Gasteiger charge is -2.16. The molecule has 1 N–H and O–H groups in total. The van der Waals surface area contributed by atoms with Crippen molar-refractivity contribution >= 4 is 23.5 Å². The van der Waals surface area contributed by atoms with Gasteiger partial charge in [0.15, 0.2) is 5.82 Å². The quantitative estimate of drug-likeness (QED) is 0.743. The highest BCUT2D eigenvalue weighted by Gasteiger charge is 2.07. The molecule has 1 aromatic carbocycles. The highest BCUT2D eigenvalue weighted by Crippen LogP contribution is 2.16. The maximum atomic E-state index is 12.1. The average molecular weight is 344 g/mol. The Kier molecular flexibility index (Phi) is 7.21. The predicted octanol–water partition coefficient (Wildman–Crippen LogP) is 3.47. The molecule has 0 aliphatic carbocycles. The minimum Gasteiger partial charge on any atom is -0.305 e. The van der Waals surface area contributed by atoms with Gasteiger partial charge < -0.3 is 10.2 Å². The number of nitrogens with zero attached hydrogens (tertiary/aromatic N) is 3. The molecular weight excluding hydrogens is 320 g/mol. The second-order valence-corrected chi connectivity index (χ2v) is 6.57. The average Bonchev–Trinajstić information content (AvgIpc) is 2.60. The predicted molar refractivity (Wildman–Crippen MR) is 99.7 cm³/mol. The lowest BCUT2D eigenvalue weighted by Crippen LogP contribution is -2.25. The van der Waals surface area contributed by atoms with Crippen LogP contribution in [-0.4, -0.2) is 46.4 Å². The summed E-state index contributed by atoms with van der Waals surface area (Å²) in [5, 5.41) is 11.9. The summed E-state index contributed by atoms with van der Waals surface area (Å²) in [6.45, 7) is 9.48. The Balaban J connectivity index is 1.85. The van der Waals surface area contributed by atoms with Gasteiger partial charge in [-0.05, 0) is 44.3 Å². The van der Waals surface area contributed by atoms with Crippen molar-refractivity contribution in [2.75, 3.05) is 30.7 Å². The second kappa shape index (κ2) is 9.39. The van der Waals surface area contributed by atoms with E-state index in [1.54, 1.807) is 30.0 Å². The number of rotatable bonds is 8. The fraction of sp³-hybridized carbons (Fsp3) is 0.389. The fourth-order valence-corrected chi connectivity index (χ4v) is 3.00. The summed E-state index contributed by atoms with van der Waals surface area (Å²) >= 11 is 1.68. The van der Waals surface area contributed by atoms with Gasteiger partial charge in [-0.1, -0.05) is 31.5 Å². The molecule has 0 atom stereocenters. The van der Waals surface area contributed by atoms with E-state index >= 15 is 0 Å². The monoisotopic (exact) mass is 344 g/mol. The Hall–Kier alpha value is -1.92. The summed E-state index contributed by atoms with van der Waals surface area (Å²) in [6.07, 6.45) is 0. The van der Waals surface area contributed by atoms with Crippen molar-refractivity contribution in [1.29, 1.82) is 0 Å². The first-order chi connectivity index (χ1) is 11.6. The number of nitrogens with one attached hydrogen (secondary N) is 1. The SMILES string of the molecule is CCN(CC)CCSc1ccc(NC(=O)c2ccc(C)cc2)nn1. The number of carbonyl (C=O) groups excluding carboxylic acids is 1. The van der Waals surface area contributed by atoms with Gasteiger partial charge in [0.1, 0.15) is 5.03 Å². The molecule has 0 aliphatic rings. The van der Waals surface area contributed by atoms with E-state index in [4.69, 9.17) is 0 Å². The van der Waals surface area contributed by atoms with Crippen LogP contribution in [0.25, 0.3) is 0 Å². The molecule has 128 valence electrons. The molecule has 0 bridgehead atoms. The van der Waals surface area contributed by atoms with Crippen molar-refractivity contribution in [2.24, 2.45) is 0 Å². The highest BCUT2D eigenvalue weighted by molar-refractivity contribution is 7.99. The van der Waals surface area contributed by atoms with Gasteiger partial charge in [0.25, 0.3) is 5.91 Å². The third kappa shape index (κ3) is 5.62. The normalized spacial score (nSPS) is 10.8. The maximum Gasteiger partial charge on any atom is 0.256 e. The summed E-state index contributed by atoms with van der Waals surface area (Å²) < 4.78 is 0. The number of hydrogen-bond donors (Lipinski definition) is 1. The van der Waals surface area contributed by atoms with Crippen molar-refractivity contribution < 1.29 is 4.79 Å². The van der Waals surface area contributed by atoms with Gasteiger partial charge in [-0.2, -0.15) is 0 Å². The zero-order chi connectivity index (χ0) is 17.4. The molecule has 0 saturated carbocycles. The Morgan fingerprint density at radius 2 is 1.79 bits per heavy atom. The summed E-state index contributed by atoms with van der Waals surface area (Å²) in [7, 11) is 0. The molecule has 24 heavy (non-hydrogen) atoms. The summed E-state index contributed by atoms with van der Waals surface area (Å²) in [5.74, 6) is 1.27. The van der Waals surface area contributed by atoms with E-state index in [2.05, 4.69) is 34.3 Å². The third-order valence-corrected chi connectivity index (χ3v) is 4.65.